The molecule has 0 unspecified atom stereocenters. The predicted molar refractivity (Wildman–Crippen MR) is 89.6 cm³/mol. The van der Waals surface area contributed by atoms with E-state index in [1.165, 1.54) is 11.6 Å². The highest BCUT2D eigenvalue weighted by Crippen LogP contribution is 2.39. The smallest absolute Gasteiger partial charge is 0.332 e. The fourth-order valence-corrected chi connectivity index (χ4v) is 3.48. The topological polar surface area (TPSA) is 107 Å². The van der Waals surface area contributed by atoms with Crippen molar-refractivity contribution < 1.29 is 9.90 Å². The molecule has 0 aromatic carbocycles. The number of hydrogen-bond acceptors (Lipinski definition) is 6. The number of carboxylic acid groups (broad SMARTS) is 1. The van der Waals surface area contributed by atoms with E-state index in [9.17, 15) is 19.5 Å². The van der Waals surface area contributed by atoms with E-state index in [0.29, 0.717) is 17.3 Å². The van der Waals surface area contributed by atoms with Crippen LogP contribution in [0.2, 0.25) is 0 Å². The molecule has 2 aromatic rings. The number of carboxylic acids is 1. The molecule has 0 spiro atoms. The van der Waals surface area contributed by atoms with Crippen LogP contribution in [-0.2, 0) is 18.9 Å². The summed E-state index contributed by atoms with van der Waals surface area (Å²) in [5.74, 6) is -0.157. The number of aromatic nitrogens is 4. The van der Waals surface area contributed by atoms with Gasteiger partial charge in [0.2, 0.25) is 0 Å². The second-order valence-corrected chi connectivity index (χ2v) is 7.11. The van der Waals surface area contributed by atoms with Crippen molar-refractivity contribution in [1.82, 2.24) is 19.1 Å². The molecular formula is C15H18N4O4S. The minimum absolute atomic E-state index is 0.203. The Kier molecular flexibility index (Phi) is 4.20. The van der Waals surface area contributed by atoms with E-state index in [4.69, 9.17) is 0 Å². The monoisotopic (exact) mass is 350 g/mol. The quantitative estimate of drug-likeness (QED) is 0.629. The maximum absolute atomic E-state index is 12.6. The summed E-state index contributed by atoms with van der Waals surface area (Å²) in [6, 6.07) is 0. The summed E-state index contributed by atoms with van der Waals surface area (Å²) in [7, 11) is 2.94. The lowest BCUT2D eigenvalue weighted by Gasteiger charge is -2.14. The Morgan fingerprint density at radius 2 is 1.96 bits per heavy atom. The number of nitrogens with zero attached hydrogens (tertiary/aromatic N) is 4. The molecule has 24 heavy (non-hydrogen) atoms. The van der Waals surface area contributed by atoms with Crippen molar-refractivity contribution in [2.75, 3.05) is 0 Å². The maximum atomic E-state index is 12.6. The van der Waals surface area contributed by atoms with Gasteiger partial charge in [0.15, 0.2) is 5.65 Å². The van der Waals surface area contributed by atoms with Gasteiger partial charge in [0.05, 0.1) is 0 Å². The third-order valence-electron chi connectivity index (χ3n) is 4.13. The van der Waals surface area contributed by atoms with Gasteiger partial charge in [-0.05, 0) is 19.3 Å². The number of thioether (sulfide) groups is 1. The molecule has 1 fully saturated rings. The summed E-state index contributed by atoms with van der Waals surface area (Å²) in [6.45, 7) is 1.77. The van der Waals surface area contributed by atoms with Crippen LogP contribution < -0.4 is 11.2 Å². The van der Waals surface area contributed by atoms with Crippen molar-refractivity contribution >= 4 is 28.8 Å². The molecule has 8 nitrogen and oxygen atoms in total. The van der Waals surface area contributed by atoms with E-state index < -0.39 is 22.5 Å². The van der Waals surface area contributed by atoms with Crippen LogP contribution in [0.15, 0.2) is 14.6 Å². The van der Waals surface area contributed by atoms with Gasteiger partial charge in [0, 0.05) is 20.0 Å². The molecule has 3 rings (SSSR count). The predicted octanol–water partition coefficient (Wildman–Crippen LogP) is 0.860. The molecular weight excluding hydrogens is 332 g/mol. The van der Waals surface area contributed by atoms with Gasteiger partial charge in [-0.15, -0.1) is 0 Å². The van der Waals surface area contributed by atoms with Crippen LogP contribution in [0.4, 0.5) is 0 Å². The lowest BCUT2D eigenvalue weighted by molar-refractivity contribution is -0.136. The van der Waals surface area contributed by atoms with Crippen LogP contribution in [0, 0.1) is 0 Å². The summed E-state index contributed by atoms with van der Waals surface area (Å²) in [4.78, 5) is 45.0. The van der Waals surface area contributed by atoms with Gasteiger partial charge in [-0.25, -0.2) is 14.8 Å². The van der Waals surface area contributed by atoms with Crippen LogP contribution in [0.3, 0.4) is 0 Å². The number of aliphatic carboxylic acids is 1. The van der Waals surface area contributed by atoms with Crippen LogP contribution in [0.25, 0.3) is 11.0 Å². The fourth-order valence-electron chi connectivity index (χ4n) is 2.50. The average molecular weight is 350 g/mol. The van der Waals surface area contributed by atoms with E-state index in [2.05, 4.69) is 9.97 Å². The molecule has 0 bridgehead atoms. The van der Waals surface area contributed by atoms with Crippen molar-refractivity contribution in [2.45, 2.75) is 42.4 Å². The van der Waals surface area contributed by atoms with Crippen molar-refractivity contribution in [3.05, 3.63) is 26.7 Å². The van der Waals surface area contributed by atoms with Gasteiger partial charge in [-0.2, -0.15) is 0 Å². The standard InChI is InChI=1S/C15H18N4O4S/c1-4-8(14(21)22)24-12-9-11(16-10(17-12)7-5-6-7)18(2)15(23)19(3)13(9)20/h7-8H,4-6H2,1-3H3,(H,21,22)/t8-/m1/s1. The Balaban J connectivity index is 2.31. The molecule has 9 heteroatoms. The Labute approximate surface area is 141 Å². The van der Waals surface area contributed by atoms with Gasteiger partial charge in [0.25, 0.3) is 5.56 Å². The zero-order valence-electron chi connectivity index (χ0n) is 13.6. The van der Waals surface area contributed by atoms with Gasteiger partial charge in [-0.3, -0.25) is 18.7 Å². The van der Waals surface area contributed by atoms with E-state index in [-0.39, 0.29) is 17.0 Å². The molecule has 1 aliphatic carbocycles. The molecule has 1 aliphatic rings. The first kappa shape index (κ1) is 16.7. The van der Waals surface area contributed by atoms with Crippen molar-refractivity contribution in [1.29, 1.82) is 0 Å². The first-order valence-electron chi connectivity index (χ1n) is 7.72. The highest BCUT2D eigenvalue weighted by molar-refractivity contribution is 8.00. The molecule has 1 saturated carbocycles. The average Bonchev–Trinajstić information content (AvgIpc) is 3.39. The third-order valence-corrected chi connectivity index (χ3v) is 5.46. The summed E-state index contributed by atoms with van der Waals surface area (Å²) in [5, 5.41) is 9.15. The molecule has 2 aromatic heterocycles. The molecule has 0 radical (unpaired) electrons. The molecule has 2 heterocycles. The minimum Gasteiger partial charge on any atom is -0.480 e. The molecule has 0 aliphatic heterocycles. The van der Waals surface area contributed by atoms with Gasteiger partial charge in [-0.1, -0.05) is 18.7 Å². The highest BCUT2D eigenvalue weighted by atomic mass is 32.2. The first-order valence-corrected chi connectivity index (χ1v) is 8.60. The van der Waals surface area contributed by atoms with Gasteiger partial charge in [0.1, 0.15) is 21.5 Å². The zero-order chi connectivity index (χ0) is 17.6. The van der Waals surface area contributed by atoms with Gasteiger partial charge < -0.3 is 5.11 Å². The fraction of sp³-hybridized carbons (Fsp3) is 0.533. The van der Waals surface area contributed by atoms with E-state index in [1.54, 1.807) is 14.0 Å². The Morgan fingerprint density at radius 3 is 2.50 bits per heavy atom. The molecule has 1 atom stereocenters. The number of aryl methyl sites for hydroxylation is 1. The molecule has 1 N–H and O–H groups in total. The SMILES string of the molecule is CC[C@@H](Sc1nc(C2CC2)nc2c1c(=O)n(C)c(=O)n2C)C(=O)O. The second kappa shape index (κ2) is 6.04. The first-order chi connectivity index (χ1) is 11.3. The number of rotatable bonds is 5. The largest absolute Gasteiger partial charge is 0.480 e. The Morgan fingerprint density at radius 1 is 1.29 bits per heavy atom. The van der Waals surface area contributed by atoms with Crippen molar-refractivity contribution in [3.63, 3.8) is 0 Å². The van der Waals surface area contributed by atoms with Crippen LogP contribution in [0.5, 0.6) is 0 Å². The lowest BCUT2D eigenvalue weighted by Crippen LogP contribution is -2.38. The highest BCUT2D eigenvalue weighted by Gasteiger charge is 2.30. The lowest BCUT2D eigenvalue weighted by atomic mass is 10.3. The minimum atomic E-state index is -0.955. The molecule has 0 amide bonds. The summed E-state index contributed by atoms with van der Waals surface area (Å²) in [6.07, 6.45) is 2.32. The normalized spacial score (nSPS) is 15.6. The molecule has 128 valence electrons. The van der Waals surface area contributed by atoms with Crippen LogP contribution >= 0.6 is 11.8 Å². The Hall–Kier alpha value is -2.16. The van der Waals surface area contributed by atoms with Crippen molar-refractivity contribution in [2.24, 2.45) is 14.1 Å². The number of carbonyl (C=O) groups is 1. The van der Waals surface area contributed by atoms with Gasteiger partial charge >= 0.3 is 11.7 Å². The second-order valence-electron chi connectivity index (χ2n) is 5.92. The van der Waals surface area contributed by atoms with Crippen molar-refractivity contribution in [3.8, 4) is 0 Å². The number of hydrogen-bond donors (Lipinski definition) is 1. The van der Waals surface area contributed by atoms with E-state index >= 15 is 0 Å². The van der Waals surface area contributed by atoms with Crippen LogP contribution in [-0.4, -0.2) is 35.4 Å². The molecule has 0 saturated heterocycles. The summed E-state index contributed by atoms with van der Waals surface area (Å²) in [5.41, 5.74) is -0.699. The summed E-state index contributed by atoms with van der Waals surface area (Å²) < 4.78 is 2.31. The Bertz CT molecular complexity index is 945. The van der Waals surface area contributed by atoms with Crippen LogP contribution in [0.1, 0.15) is 37.9 Å². The summed E-state index contributed by atoms with van der Waals surface area (Å²) >= 11 is 1.04. The number of fused-ring (bicyclic) bond motifs is 1. The zero-order valence-corrected chi connectivity index (χ0v) is 14.5. The maximum Gasteiger partial charge on any atom is 0.332 e. The van der Waals surface area contributed by atoms with E-state index in [1.807, 2.05) is 0 Å². The third kappa shape index (κ3) is 2.72. The van der Waals surface area contributed by atoms with E-state index in [0.717, 1.165) is 29.2 Å².